The number of benzene rings is 2. The van der Waals surface area contributed by atoms with Crippen LogP contribution in [0, 0.1) is 6.92 Å². The van der Waals surface area contributed by atoms with Crippen molar-refractivity contribution in [3.05, 3.63) is 58.1 Å². The Labute approximate surface area is 176 Å². The van der Waals surface area contributed by atoms with Gasteiger partial charge in [-0.05, 0) is 48.9 Å². The third-order valence-electron chi connectivity index (χ3n) is 4.65. The Hall–Kier alpha value is -2.97. The lowest BCUT2D eigenvalue weighted by atomic mass is 10.1. The Kier molecular flexibility index (Phi) is 4.97. The Morgan fingerprint density at radius 1 is 1.10 bits per heavy atom. The summed E-state index contributed by atoms with van der Waals surface area (Å²) in [5.41, 5.74) is 1.80. The van der Waals surface area contributed by atoms with E-state index < -0.39 is 29.8 Å². The van der Waals surface area contributed by atoms with Gasteiger partial charge in [-0.25, -0.2) is 4.90 Å². The molecule has 0 aliphatic carbocycles. The first-order chi connectivity index (χ1) is 13.8. The fourth-order valence-corrected chi connectivity index (χ4v) is 3.67. The summed E-state index contributed by atoms with van der Waals surface area (Å²) in [6.07, 6.45) is 0. The molecule has 0 radical (unpaired) electrons. The van der Waals surface area contributed by atoms with Crippen LogP contribution >= 0.6 is 23.2 Å². The molecule has 8 nitrogen and oxygen atoms in total. The zero-order valence-corrected chi connectivity index (χ0v) is 16.7. The molecule has 2 aliphatic heterocycles. The van der Waals surface area contributed by atoms with Crippen LogP contribution in [0.15, 0.2) is 52.8 Å². The van der Waals surface area contributed by atoms with Crippen LogP contribution in [-0.2, 0) is 14.4 Å². The van der Waals surface area contributed by atoms with Crippen molar-refractivity contribution in [3.8, 4) is 0 Å². The minimum Gasteiger partial charge on any atom is -0.323 e. The van der Waals surface area contributed by atoms with Gasteiger partial charge >= 0.3 is 0 Å². The second kappa shape index (κ2) is 7.46. The Bertz CT molecular complexity index is 1040. The van der Waals surface area contributed by atoms with Crippen molar-refractivity contribution in [2.24, 2.45) is 10.3 Å². The number of hydrogen-bond donors (Lipinski definition) is 1. The van der Waals surface area contributed by atoms with E-state index in [4.69, 9.17) is 23.2 Å². The van der Waals surface area contributed by atoms with Crippen molar-refractivity contribution in [2.75, 3.05) is 16.8 Å². The summed E-state index contributed by atoms with van der Waals surface area (Å²) in [6.45, 7) is 1.64. The van der Waals surface area contributed by atoms with Gasteiger partial charge in [0.2, 0.25) is 5.91 Å². The van der Waals surface area contributed by atoms with Crippen LogP contribution in [0.2, 0.25) is 10.0 Å². The number of carbonyl (C=O) groups is 3. The van der Waals surface area contributed by atoms with Gasteiger partial charge in [-0.2, -0.15) is 5.11 Å². The summed E-state index contributed by atoms with van der Waals surface area (Å²) in [4.78, 5) is 39.0. The molecule has 2 aliphatic rings. The van der Waals surface area contributed by atoms with Crippen molar-refractivity contribution in [3.63, 3.8) is 0 Å². The second-order valence-electron chi connectivity index (χ2n) is 6.71. The summed E-state index contributed by atoms with van der Waals surface area (Å²) in [5.74, 6) is -1.41. The van der Waals surface area contributed by atoms with Gasteiger partial charge in [0.15, 0.2) is 12.1 Å². The van der Waals surface area contributed by atoms with Gasteiger partial charge in [0.05, 0.1) is 16.4 Å². The molecule has 1 saturated heterocycles. The number of halogens is 2. The monoisotopic (exact) mass is 431 g/mol. The largest absolute Gasteiger partial charge is 0.323 e. The number of imide groups is 1. The molecule has 0 saturated carbocycles. The topological polar surface area (TPSA) is 94.4 Å². The van der Waals surface area contributed by atoms with Crippen LogP contribution in [0.3, 0.4) is 0 Å². The molecule has 4 rings (SSSR count). The summed E-state index contributed by atoms with van der Waals surface area (Å²) >= 11 is 12.0. The molecule has 29 heavy (non-hydrogen) atoms. The highest BCUT2D eigenvalue weighted by Crippen LogP contribution is 2.32. The normalized spacial score (nSPS) is 20.4. The second-order valence-corrected chi connectivity index (χ2v) is 7.56. The fraction of sp³-hybridized carbons (Fsp3) is 0.211. The average Bonchev–Trinajstić information content (AvgIpc) is 3.19. The number of anilines is 2. The maximum Gasteiger partial charge on any atom is 0.263 e. The Morgan fingerprint density at radius 3 is 2.52 bits per heavy atom. The number of carbonyl (C=O) groups excluding carboxylic acids is 3. The molecule has 1 fully saturated rings. The van der Waals surface area contributed by atoms with Gasteiger partial charge in [-0.15, -0.1) is 0 Å². The number of aryl methyl sites for hydroxylation is 1. The predicted octanol–water partition coefficient (Wildman–Crippen LogP) is 3.23. The minimum absolute atomic E-state index is 0.248. The van der Waals surface area contributed by atoms with E-state index in [1.54, 1.807) is 36.4 Å². The minimum atomic E-state index is -0.978. The van der Waals surface area contributed by atoms with Crippen molar-refractivity contribution in [2.45, 2.75) is 19.0 Å². The molecule has 0 unspecified atom stereocenters. The molecular weight excluding hydrogens is 417 g/mol. The zero-order valence-electron chi connectivity index (χ0n) is 15.2. The van der Waals surface area contributed by atoms with Crippen molar-refractivity contribution < 1.29 is 14.4 Å². The van der Waals surface area contributed by atoms with Crippen molar-refractivity contribution in [1.29, 1.82) is 0 Å². The standard InChI is InChI=1S/C19H15Cl2N5O3/c1-10-2-7-14(13(21)8-10)22-15(27)9-25-17-16(23-24-25)18(28)26(19(17)29)12-5-3-11(20)4-6-12/h2-8,16-17H,9H2,1H3,(H,22,27)/t16-,17+/m0/s1. The van der Waals surface area contributed by atoms with E-state index in [0.717, 1.165) is 10.5 Å². The number of amides is 3. The summed E-state index contributed by atoms with van der Waals surface area (Å²) in [7, 11) is 0. The molecule has 2 aromatic carbocycles. The van der Waals surface area contributed by atoms with Gasteiger partial charge in [0, 0.05) is 5.02 Å². The highest BCUT2D eigenvalue weighted by molar-refractivity contribution is 6.33. The molecule has 0 aromatic heterocycles. The van der Waals surface area contributed by atoms with E-state index >= 15 is 0 Å². The molecular formula is C19H15Cl2N5O3. The van der Waals surface area contributed by atoms with Gasteiger partial charge < -0.3 is 5.32 Å². The van der Waals surface area contributed by atoms with E-state index in [-0.39, 0.29) is 6.54 Å². The van der Waals surface area contributed by atoms with Crippen LogP contribution in [0.4, 0.5) is 11.4 Å². The number of fused-ring (bicyclic) bond motifs is 1. The summed E-state index contributed by atoms with van der Waals surface area (Å²) in [5, 5.41) is 12.5. The molecule has 2 aromatic rings. The molecule has 3 amide bonds. The van der Waals surface area contributed by atoms with Gasteiger partial charge in [-0.3, -0.25) is 19.4 Å². The van der Waals surface area contributed by atoms with E-state index in [2.05, 4.69) is 15.7 Å². The average molecular weight is 432 g/mol. The smallest absolute Gasteiger partial charge is 0.263 e. The zero-order chi connectivity index (χ0) is 20.7. The van der Waals surface area contributed by atoms with Crippen LogP contribution in [0.1, 0.15) is 5.56 Å². The first kappa shape index (κ1) is 19.4. The highest BCUT2D eigenvalue weighted by Gasteiger charge is 2.55. The SMILES string of the molecule is Cc1ccc(NC(=O)CN2N=N[C@@H]3C(=O)N(c4ccc(Cl)cc4)C(=O)[C@@H]32)c(Cl)c1. The predicted molar refractivity (Wildman–Crippen MR) is 108 cm³/mol. The highest BCUT2D eigenvalue weighted by atomic mass is 35.5. The van der Waals surface area contributed by atoms with E-state index in [0.29, 0.717) is 21.4 Å². The van der Waals surface area contributed by atoms with Crippen LogP contribution < -0.4 is 10.2 Å². The molecule has 148 valence electrons. The van der Waals surface area contributed by atoms with Crippen molar-refractivity contribution >= 4 is 52.3 Å². The maximum absolute atomic E-state index is 12.9. The molecule has 1 N–H and O–H groups in total. The van der Waals surface area contributed by atoms with Crippen molar-refractivity contribution in [1.82, 2.24) is 5.01 Å². The van der Waals surface area contributed by atoms with E-state index in [1.807, 2.05) is 13.0 Å². The summed E-state index contributed by atoms with van der Waals surface area (Å²) < 4.78 is 0. The molecule has 0 spiro atoms. The Morgan fingerprint density at radius 2 is 1.83 bits per heavy atom. The first-order valence-electron chi connectivity index (χ1n) is 8.72. The lowest BCUT2D eigenvalue weighted by Crippen LogP contribution is -2.43. The molecule has 2 heterocycles. The lowest BCUT2D eigenvalue weighted by molar-refractivity contribution is -0.123. The maximum atomic E-state index is 12.9. The van der Waals surface area contributed by atoms with Crippen LogP contribution in [0.25, 0.3) is 0 Å². The lowest BCUT2D eigenvalue weighted by Gasteiger charge is -2.20. The number of nitrogens with zero attached hydrogens (tertiary/aromatic N) is 4. The third kappa shape index (κ3) is 3.56. The fourth-order valence-electron chi connectivity index (χ4n) is 3.26. The van der Waals surface area contributed by atoms with Gasteiger partial charge in [0.25, 0.3) is 11.8 Å². The molecule has 10 heteroatoms. The number of rotatable bonds is 4. The Balaban J connectivity index is 1.49. The van der Waals surface area contributed by atoms with Gasteiger partial charge in [0.1, 0.15) is 6.54 Å². The number of nitrogens with one attached hydrogen (secondary N) is 1. The van der Waals surface area contributed by atoms with Gasteiger partial charge in [-0.1, -0.05) is 34.5 Å². The van der Waals surface area contributed by atoms with Crippen LogP contribution in [-0.4, -0.2) is 41.4 Å². The van der Waals surface area contributed by atoms with Crippen LogP contribution in [0.5, 0.6) is 0 Å². The van der Waals surface area contributed by atoms with E-state index in [9.17, 15) is 14.4 Å². The third-order valence-corrected chi connectivity index (χ3v) is 5.21. The molecule has 0 bridgehead atoms. The van der Waals surface area contributed by atoms with E-state index in [1.165, 1.54) is 5.01 Å². The molecule has 2 atom stereocenters. The summed E-state index contributed by atoms with van der Waals surface area (Å²) in [6, 6.07) is 9.62. The quantitative estimate of drug-likeness (QED) is 0.751. The first-order valence-corrected chi connectivity index (χ1v) is 9.47. The number of hydrogen-bond acceptors (Lipinski definition) is 6.